The summed E-state index contributed by atoms with van der Waals surface area (Å²) in [6.07, 6.45) is 2.28. The van der Waals surface area contributed by atoms with Gasteiger partial charge in [-0.05, 0) is 41.7 Å². The van der Waals surface area contributed by atoms with E-state index < -0.39 is 0 Å². The van der Waals surface area contributed by atoms with E-state index in [1.807, 2.05) is 12.1 Å². The van der Waals surface area contributed by atoms with Gasteiger partial charge in [0.2, 0.25) is 0 Å². The van der Waals surface area contributed by atoms with Gasteiger partial charge >= 0.3 is 0 Å². The lowest BCUT2D eigenvalue weighted by Crippen LogP contribution is -2.30. The largest absolute Gasteiger partial charge is 0.379 e. The number of nitriles is 1. The van der Waals surface area contributed by atoms with Crippen LogP contribution < -0.4 is 10.9 Å². The molecule has 8 nitrogen and oxygen atoms in total. The van der Waals surface area contributed by atoms with E-state index in [2.05, 4.69) is 47.3 Å². The number of hydrogen-bond donors (Lipinski definition) is 2. The monoisotopic (exact) mass is 432 g/mol. The highest BCUT2D eigenvalue weighted by molar-refractivity contribution is 5.91. The van der Waals surface area contributed by atoms with Gasteiger partial charge in [0, 0.05) is 38.1 Å². The van der Waals surface area contributed by atoms with Crippen molar-refractivity contribution < 1.29 is 4.74 Å². The minimum absolute atomic E-state index is 0.203. The Hall–Kier alpha value is -3.15. The summed E-state index contributed by atoms with van der Waals surface area (Å²) in [5, 5.41) is 18.3. The molecule has 0 unspecified atom stereocenters. The molecule has 2 aromatic heterocycles. The van der Waals surface area contributed by atoms with Crippen LogP contribution in [0, 0.1) is 23.2 Å². The van der Waals surface area contributed by atoms with Crippen LogP contribution in [0.3, 0.4) is 0 Å². The lowest BCUT2D eigenvalue weighted by atomic mass is 9.96. The zero-order chi connectivity index (χ0) is 22.2. The van der Waals surface area contributed by atoms with Gasteiger partial charge in [-0.25, -0.2) is 0 Å². The molecular weight excluding hydrogens is 404 g/mol. The second kappa shape index (κ2) is 8.41. The molecule has 0 radical (unpaired) electrons. The predicted octanol–water partition coefficient (Wildman–Crippen LogP) is 3.54. The van der Waals surface area contributed by atoms with Crippen LogP contribution >= 0.6 is 0 Å². The molecule has 1 fully saturated rings. The van der Waals surface area contributed by atoms with E-state index in [0.717, 1.165) is 25.3 Å². The highest BCUT2D eigenvalue weighted by Crippen LogP contribution is 2.33. The average molecular weight is 433 g/mol. The number of hydrogen-bond acceptors (Lipinski definition) is 6. The van der Waals surface area contributed by atoms with E-state index in [1.54, 1.807) is 10.9 Å². The van der Waals surface area contributed by atoms with Crippen LogP contribution in [0.2, 0.25) is 0 Å². The molecule has 0 saturated carbocycles. The Bertz CT molecular complexity index is 1240. The van der Waals surface area contributed by atoms with Crippen molar-refractivity contribution in [2.75, 3.05) is 25.1 Å². The molecule has 1 aromatic carbocycles. The summed E-state index contributed by atoms with van der Waals surface area (Å²) in [6.45, 7) is 8.44. The average Bonchev–Trinajstić information content (AvgIpc) is 3.34. The second-order valence-electron chi connectivity index (χ2n) is 9.20. The molecular formula is C24H28N6O2. The van der Waals surface area contributed by atoms with E-state index in [-0.39, 0.29) is 17.5 Å². The van der Waals surface area contributed by atoms with Gasteiger partial charge in [0.05, 0.1) is 30.2 Å². The number of anilines is 2. The summed E-state index contributed by atoms with van der Waals surface area (Å²) in [5.41, 5.74) is 4.06. The van der Waals surface area contributed by atoms with Crippen molar-refractivity contribution in [2.24, 2.45) is 11.8 Å². The third kappa shape index (κ3) is 3.78. The molecule has 2 N–H and O–H groups in total. The molecule has 32 heavy (non-hydrogen) atoms. The lowest BCUT2D eigenvalue weighted by Gasteiger charge is -2.27. The number of nitrogens with one attached hydrogen (secondary N) is 2. The Morgan fingerprint density at radius 3 is 2.97 bits per heavy atom. The molecule has 4 heterocycles. The van der Waals surface area contributed by atoms with Crippen LogP contribution in [-0.4, -0.2) is 39.4 Å². The first-order chi connectivity index (χ1) is 15.5. The molecule has 0 amide bonds. The SMILES string of the molecule is CC(C)CN1Cc2ccc(Nc3nn([C@H]4COCC[C@@H]4C#N)c4cc[nH]c(=O)c34)cc2C1. The van der Waals surface area contributed by atoms with Gasteiger partial charge in [-0.1, -0.05) is 19.9 Å². The highest BCUT2D eigenvalue weighted by atomic mass is 16.5. The predicted molar refractivity (Wildman–Crippen MR) is 123 cm³/mol. The lowest BCUT2D eigenvalue weighted by molar-refractivity contribution is 0.0359. The van der Waals surface area contributed by atoms with E-state index in [9.17, 15) is 10.1 Å². The van der Waals surface area contributed by atoms with Crippen LogP contribution in [-0.2, 0) is 17.8 Å². The Morgan fingerprint density at radius 2 is 2.16 bits per heavy atom. The maximum absolute atomic E-state index is 12.7. The van der Waals surface area contributed by atoms with Gasteiger partial charge in [0.1, 0.15) is 5.39 Å². The van der Waals surface area contributed by atoms with Crippen LogP contribution in [0.5, 0.6) is 0 Å². The normalized spacial score (nSPS) is 21.1. The Labute approximate surface area is 186 Å². The van der Waals surface area contributed by atoms with Crippen LogP contribution in [0.1, 0.15) is 37.4 Å². The third-order valence-corrected chi connectivity index (χ3v) is 6.32. The van der Waals surface area contributed by atoms with Gasteiger partial charge < -0.3 is 15.0 Å². The zero-order valence-corrected chi connectivity index (χ0v) is 18.5. The molecule has 166 valence electrons. The Balaban J connectivity index is 1.49. The first-order valence-corrected chi connectivity index (χ1v) is 11.2. The quantitative estimate of drug-likeness (QED) is 0.640. The molecule has 0 bridgehead atoms. The minimum Gasteiger partial charge on any atom is -0.379 e. The summed E-state index contributed by atoms with van der Waals surface area (Å²) in [6, 6.07) is 10.3. The van der Waals surface area contributed by atoms with Crippen molar-refractivity contribution in [3.8, 4) is 6.07 Å². The van der Waals surface area contributed by atoms with Crippen LogP contribution in [0.4, 0.5) is 11.5 Å². The smallest absolute Gasteiger partial charge is 0.261 e. The number of H-pyrrole nitrogens is 1. The van der Waals surface area contributed by atoms with E-state index in [0.29, 0.717) is 42.3 Å². The molecule has 2 atom stereocenters. The Kier molecular flexibility index (Phi) is 5.45. The fourth-order valence-corrected chi connectivity index (χ4v) is 4.88. The standard InChI is InChI=1S/C24H28N6O2/c1-15(2)11-29-12-17-3-4-19(9-18(17)13-29)27-23-22-20(5-7-26-24(22)31)30(28-23)21-14-32-8-6-16(21)10-25/h3-5,7,9,15-16,21H,6,8,11-14H2,1-2H3,(H,26,31)(H,27,28)/t16-,21+/m1/s1. The highest BCUT2D eigenvalue weighted by Gasteiger charge is 2.30. The fourth-order valence-electron chi connectivity index (χ4n) is 4.88. The number of aromatic amines is 1. The molecule has 3 aromatic rings. The molecule has 1 saturated heterocycles. The minimum atomic E-state index is -0.224. The van der Waals surface area contributed by atoms with Crippen molar-refractivity contribution in [1.29, 1.82) is 5.26 Å². The van der Waals surface area contributed by atoms with Gasteiger partial charge in [-0.15, -0.1) is 0 Å². The van der Waals surface area contributed by atoms with Gasteiger partial charge in [0.15, 0.2) is 5.82 Å². The summed E-state index contributed by atoms with van der Waals surface area (Å²) >= 11 is 0. The molecule has 2 aliphatic rings. The van der Waals surface area contributed by atoms with Crippen LogP contribution in [0.25, 0.3) is 10.9 Å². The van der Waals surface area contributed by atoms with E-state index in [4.69, 9.17) is 9.84 Å². The number of pyridine rings is 1. The molecule has 8 heteroatoms. The first-order valence-electron chi connectivity index (χ1n) is 11.2. The summed E-state index contributed by atoms with van der Waals surface area (Å²) in [5.74, 6) is 0.928. The fraction of sp³-hybridized carbons (Fsp3) is 0.458. The number of nitrogens with zero attached hydrogens (tertiary/aromatic N) is 4. The number of benzene rings is 1. The van der Waals surface area contributed by atoms with Crippen molar-refractivity contribution >= 4 is 22.4 Å². The number of aromatic nitrogens is 3. The maximum atomic E-state index is 12.7. The van der Waals surface area contributed by atoms with E-state index in [1.165, 1.54) is 11.1 Å². The molecule has 0 aliphatic carbocycles. The van der Waals surface area contributed by atoms with Gasteiger partial charge in [-0.2, -0.15) is 10.4 Å². The third-order valence-electron chi connectivity index (χ3n) is 6.32. The molecule has 5 rings (SSSR count). The number of ether oxygens (including phenoxy) is 1. The van der Waals surface area contributed by atoms with Gasteiger partial charge in [-0.3, -0.25) is 14.4 Å². The first kappa shape index (κ1) is 20.7. The van der Waals surface area contributed by atoms with E-state index >= 15 is 0 Å². The van der Waals surface area contributed by atoms with Crippen molar-refractivity contribution in [3.63, 3.8) is 0 Å². The van der Waals surface area contributed by atoms with Gasteiger partial charge in [0.25, 0.3) is 5.56 Å². The number of fused-ring (bicyclic) bond motifs is 2. The summed E-state index contributed by atoms with van der Waals surface area (Å²) < 4.78 is 7.43. The van der Waals surface area contributed by atoms with Crippen molar-refractivity contribution in [2.45, 2.75) is 39.4 Å². The zero-order valence-electron chi connectivity index (χ0n) is 18.5. The topological polar surface area (TPSA) is 99.0 Å². The van der Waals surface area contributed by atoms with Crippen molar-refractivity contribution in [1.82, 2.24) is 19.7 Å². The van der Waals surface area contributed by atoms with Crippen molar-refractivity contribution in [3.05, 3.63) is 51.9 Å². The number of rotatable bonds is 5. The Morgan fingerprint density at radius 1 is 1.31 bits per heavy atom. The summed E-state index contributed by atoms with van der Waals surface area (Å²) in [4.78, 5) is 17.9. The summed E-state index contributed by atoms with van der Waals surface area (Å²) in [7, 11) is 0. The maximum Gasteiger partial charge on any atom is 0.261 e. The van der Waals surface area contributed by atoms with Crippen LogP contribution in [0.15, 0.2) is 35.3 Å². The molecule has 0 spiro atoms. The molecule has 2 aliphatic heterocycles. The second-order valence-corrected chi connectivity index (χ2v) is 9.20.